The van der Waals surface area contributed by atoms with Gasteiger partial charge in [0.05, 0.1) is 10.8 Å². The van der Waals surface area contributed by atoms with Crippen molar-refractivity contribution in [3.8, 4) is 10.7 Å². The van der Waals surface area contributed by atoms with Gasteiger partial charge in [-0.3, -0.25) is 0 Å². The highest BCUT2D eigenvalue weighted by Gasteiger charge is 2.16. The predicted molar refractivity (Wildman–Crippen MR) is 59.7 cm³/mol. The predicted octanol–water partition coefficient (Wildman–Crippen LogP) is 2.25. The molecule has 0 saturated heterocycles. The van der Waals surface area contributed by atoms with Crippen molar-refractivity contribution in [1.82, 2.24) is 10.1 Å². The van der Waals surface area contributed by atoms with Gasteiger partial charge in [0.2, 0.25) is 11.7 Å². The molecule has 5 heteroatoms. The number of hydrogen-bond donors (Lipinski definition) is 1. The van der Waals surface area contributed by atoms with E-state index in [-0.39, 0.29) is 5.92 Å². The maximum Gasteiger partial charge on any atom is 0.231 e. The molecule has 2 aromatic heterocycles. The molecule has 1 atom stereocenters. The average Bonchev–Trinajstić information content (AvgIpc) is 2.89. The zero-order valence-electron chi connectivity index (χ0n) is 8.51. The first-order chi connectivity index (χ1) is 7.35. The molecule has 2 aromatic rings. The summed E-state index contributed by atoms with van der Waals surface area (Å²) in [7, 11) is 0. The lowest BCUT2D eigenvalue weighted by atomic mass is 10.1. The van der Waals surface area contributed by atoms with Crippen LogP contribution in [0.25, 0.3) is 10.7 Å². The number of thiophene rings is 1. The summed E-state index contributed by atoms with van der Waals surface area (Å²) in [5.41, 5.74) is 5.62. The minimum Gasteiger partial charge on any atom is -0.339 e. The third kappa shape index (κ3) is 2.08. The van der Waals surface area contributed by atoms with Crippen LogP contribution in [-0.4, -0.2) is 16.7 Å². The van der Waals surface area contributed by atoms with E-state index in [0.29, 0.717) is 18.3 Å². The summed E-state index contributed by atoms with van der Waals surface area (Å²) in [5.74, 6) is 1.47. The zero-order chi connectivity index (χ0) is 10.7. The molecule has 0 amide bonds. The Kier molecular flexibility index (Phi) is 3.13. The lowest BCUT2D eigenvalue weighted by Gasteiger charge is -2.03. The third-order valence-electron chi connectivity index (χ3n) is 2.31. The molecule has 80 valence electrons. The first-order valence-corrected chi connectivity index (χ1v) is 5.80. The minimum absolute atomic E-state index is 0.172. The smallest absolute Gasteiger partial charge is 0.231 e. The van der Waals surface area contributed by atoms with Crippen molar-refractivity contribution >= 4 is 11.3 Å². The topological polar surface area (TPSA) is 64.9 Å². The van der Waals surface area contributed by atoms with Gasteiger partial charge in [0.15, 0.2) is 0 Å². The Morgan fingerprint density at radius 3 is 3.07 bits per heavy atom. The summed E-state index contributed by atoms with van der Waals surface area (Å²) in [5, 5.41) is 5.94. The van der Waals surface area contributed by atoms with Crippen molar-refractivity contribution in [2.24, 2.45) is 5.73 Å². The van der Waals surface area contributed by atoms with E-state index < -0.39 is 0 Å². The monoisotopic (exact) mass is 223 g/mol. The van der Waals surface area contributed by atoms with E-state index in [4.69, 9.17) is 10.3 Å². The van der Waals surface area contributed by atoms with Crippen molar-refractivity contribution in [1.29, 1.82) is 0 Å². The highest BCUT2D eigenvalue weighted by molar-refractivity contribution is 7.13. The molecule has 0 bridgehead atoms. The second-order valence-corrected chi connectivity index (χ2v) is 4.22. The molecule has 2 heterocycles. The Hall–Kier alpha value is -1.20. The fourth-order valence-corrected chi connectivity index (χ4v) is 2.00. The summed E-state index contributed by atoms with van der Waals surface area (Å²) in [6.07, 6.45) is 0.919. The maximum atomic E-state index is 5.62. The van der Waals surface area contributed by atoms with Crippen molar-refractivity contribution in [2.45, 2.75) is 19.3 Å². The quantitative estimate of drug-likeness (QED) is 0.863. The molecule has 0 aliphatic rings. The summed E-state index contributed by atoms with van der Waals surface area (Å²) < 4.78 is 5.20. The standard InChI is InChI=1S/C10H13N3OS/c1-2-7(6-11)10-12-9(13-14-10)8-4-3-5-15-8/h3-5,7H,2,6,11H2,1H3. The van der Waals surface area contributed by atoms with E-state index in [1.807, 2.05) is 17.5 Å². The Morgan fingerprint density at radius 2 is 2.47 bits per heavy atom. The van der Waals surface area contributed by atoms with E-state index >= 15 is 0 Å². The van der Waals surface area contributed by atoms with Crippen molar-refractivity contribution in [3.05, 3.63) is 23.4 Å². The molecule has 4 nitrogen and oxygen atoms in total. The molecule has 15 heavy (non-hydrogen) atoms. The van der Waals surface area contributed by atoms with Crippen LogP contribution in [-0.2, 0) is 0 Å². The minimum atomic E-state index is 0.172. The number of nitrogens with zero attached hydrogens (tertiary/aromatic N) is 2. The van der Waals surface area contributed by atoms with Crippen molar-refractivity contribution in [3.63, 3.8) is 0 Å². The summed E-state index contributed by atoms with van der Waals surface area (Å²) in [4.78, 5) is 5.37. The van der Waals surface area contributed by atoms with Gasteiger partial charge in [0.1, 0.15) is 0 Å². The van der Waals surface area contributed by atoms with Gasteiger partial charge >= 0.3 is 0 Å². The Balaban J connectivity index is 2.24. The Morgan fingerprint density at radius 1 is 1.60 bits per heavy atom. The van der Waals surface area contributed by atoms with E-state index in [9.17, 15) is 0 Å². The van der Waals surface area contributed by atoms with Crippen LogP contribution in [0.1, 0.15) is 25.2 Å². The molecule has 0 aliphatic heterocycles. The fraction of sp³-hybridized carbons (Fsp3) is 0.400. The molecule has 0 aromatic carbocycles. The van der Waals surface area contributed by atoms with Crippen LogP contribution < -0.4 is 5.73 Å². The molecule has 2 N–H and O–H groups in total. The second kappa shape index (κ2) is 4.55. The van der Waals surface area contributed by atoms with Gasteiger partial charge < -0.3 is 10.3 Å². The molecular weight excluding hydrogens is 210 g/mol. The lowest BCUT2D eigenvalue weighted by molar-refractivity contribution is 0.352. The van der Waals surface area contributed by atoms with Crippen LogP contribution >= 0.6 is 11.3 Å². The number of hydrogen-bond acceptors (Lipinski definition) is 5. The number of nitrogens with two attached hydrogens (primary N) is 1. The van der Waals surface area contributed by atoms with Gasteiger partial charge in [0, 0.05) is 6.54 Å². The molecule has 0 aliphatic carbocycles. The molecule has 0 saturated carbocycles. The summed E-state index contributed by atoms with van der Waals surface area (Å²) in [6, 6.07) is 3.94. The van der Waals surface area contributed by atoms with Crippen molar-refractivity contribution in [2.75, 3.05) is 6.54 Å². The van der Waals surface area contributed by atoms with Crippen LogP contribution in [0.4, 0.5) is 0 Å². The van der Waals surface area contributed by atoms with Gasteiger partial charge in [-0.1, -0.05) is 18.1 Å². The molecule has 1 unspecified atom stereocenters. The van der Waals surface area contributed by atoms with Gasteiger partial charge in [0.25, 0.3) is 0 Å². The number of aromatic nitrogens is 2. The zero-order valence-corrected chi connectivity index (χ0v) is 9.33. The van der Waals surface area contributed by atoms with Crippen LogP contribution in [0.5, 0.6) is 0 Å². The van der Waals surface area contributed by atoms with Crippen LogP contribution in [0.15, 0.2) is 22.0 Å². The highest BCUT2D eigenvalue weighted by Crippen LogP contribution is 2.24. The van der Waals surface area contributed by atoms with E-state index in [0.717, 1.165) is 11.3 Å². The van der Waals surface area contributed by atoms with Gasteiger partial charge in [-0.25, -0.2) is 0 Å². The first-order valence-electron chi connectivity index (χ1n) is 4.92. The summed E-state index contributed by atoms with van der Waals surface area (Å²) >= 11 is 1.60. The largest absolute Gasteiger partial charge is 0.339 e. The van der Waals surface area contributed by atoms with Crippen LogP contribution in [0.3, 0.4) is 0 Å². The van der Waals surface area contributed by atoms with Gasteiger partial charge in [-0.15, -0.1) is 11.3 Å². The van der Waals surface area contributed by atoms with Gasteiger partial charge in [-0.05, 0) is 17.9 Å². The molecule has 0 fully saturated rings. The maximum absolute atomic E-state index is 5.62. The molecule has 2 rings (SSSR count). The summed E-state index contributed by atoms with van der Waals surface area (Å²) in [6.45, 7) is 2.61. The van der Waals surface area contributed by atoms with E-state index in [1.54, 1.807) is 11.3 Å². The molecular formula is C10H13N3OS. The van der Waals surface area contributed by atoms with E-state index in [1.165, 1.54) is 0 Å². The average molecular weight is 223 g/mol. The second-order valence-electron chi connectivity index (χ2n) is 3.27. The molecule has 0 spiro atoms. The van der Waals surface area contributed by atoms with Gasteiger partial charge in [-0.2, -0.15) is 4.98 Å². The first kappa shape index (κ1) is 10.3. The van der Waals surface area contributed by atoms with Crippen LogP contribution in [0.2, 0.25) is 0 Å². The SMILES string of the molecule is CCC(CN)c1nc(-c2cccs2)no1. The highest BCUT2D eigenvalue weighted by atomic mass is 32.1. The number of rotatable bonds is 4. The normalized spacial score (nSPS) is 12.9. The van der Waals surface area contributed by atoms with Crippen LogP contribution in [0, 0.1) is 0 Å². The molecule has 0 radical (unpaired) electrons. The third-order valence-corrected chi connectivity index (χ3v) is 3.18. The Bertz CT molecular complexity index is 406. The Labute approximate surface area is 92.1 Å². The fourth-order valence-electron chi connectivity index (χ4n) is 1.35. The van der Waals surface area contributed by atoms with Crippen molar-refractivity contribution < 1.29 is 4.52 Å². The van der Waals surface area contributed by atoms with E-state index in [2.05, 4.69) is 17.1 Å². The lowest BCUT2D eigenvalue weighted by Crippen LogP contribution is -2.11.